The van der Waals surface area contributed by atoms with E-state index in [1.165, 1.54) is 12.8 Å². The van der Waals surface area contributed by atoms with E-state index in [4.69, 9.17) is 8.83 Å². The van der Waals surface area contributed by atoms with Crippen LogP contribution in [0.5, 0.6) is 0 Å². The summed E-state index contributed by atoms with van der Waals surface area (Å²) in [6.45, 7) is 10.6. The van der Waals surface area contributed by atoms with Gasteiger partial charge in [-0.2, -0.15) is 0 Å². The molecule has 29 heavy (non-hydrogen) atoms. The Balaban J connectivity index is 0.00000240. The predicted octanol–water partition coefficient (Wildman–Crippen LogP) is 5.25. The quantitative estimate of drug-likeness (QED) is 0.617. The van der Waals surface area contributed by atoms with Crippen molar-refractivity contribution in [1.29, 1.82) is 0 Å². The van der Waals surface area contributed by atoms with E-state index in [2.05, 4.69) is 23.2 Å². The highest BCUT2D eigenvalue weighted by molar-refractivity contribution is 6.00. The number of halogens is 1. The smallest absolute Gasteiger partial charge is 0.287 e. The lowest BCUT2D eigenvalue weighted by molar-refractivity contribution is 0.0907. The van der Waals surface area contributed by atoms with Gasteiger partial charge in [-0.3, -0.25) is 9.69 Å². The fraction of sp³-hybridized carbons (Fsp3) is 0.435. The first-order chi connectivity index (χ1) is 13.4. The first-order valence-electron chi connectivity index (χ1n) is 10.0. The number of hydrogen-bond acceptors (Lipinski definition) is 4. The number of nitrogens with one attached hydrogen (secondary N) is 1. The third-order valence-electron chi connectivity index (χ3n) is 5.70. The molecule has 156 valence electrons. The van der Waals surface area contributed by atoms with Gasteiger partial charge < -0.3 is 14.2 Å². The van der Waals surface area contributed by atoms with E-state index in [0.29, 0.717) is 12.3 Å². The van der Waals surface area contributed by atoms with Crippen molar-refractivity contribution < 1.29 is 13.6 Å². The van der Waals surface area contributed by atoms with Gasteiger partial charge in [-0.25, -0.2) is 0 Å². The second-order valence-corrected chi connectivity index (χ2v) is 7.93. The molecule has 3 aromatic rings. The van der Waals surface area contributed by atoms with E-state index in [-0.39, 0.29) is 24.4 Å². The fourth-order valence-electron chi connectivity index (χ4n) is 4.37. The number of likely N-dealkylation sites (tertiary alicyclic amines) is 1. The molecule has 6 heteroatoms. The lowest BCUT2D eigenvalue weighted by Crippen LogP contribution is -2.36. The Bertz CT molecular complexity index is 1010. The molecule has 4 rings (SSSR count). The van der Waals surface area contributed by atoms with Crippen LogP contribution >= 0.6 is 12.4 Å². The number of furan rings is 2. The lowest BCUT2D eigenvalue weighted by atomic mass is 10.0. The van der Waals surface area contributed by atoms with Crippen molar-refractivity contribution in [2.45, 2.75) is 46.6 Å². The molecular weight excluding hydrogens is 388 g/mol. The van der Waals surface area contributed by atoms with Crippen molar-refractivity contribution in [3.05, 3.63) is 58.2 Å². The van der Waals surface area contributed by atoms with Crippen LogP contribution in [0.15, 0.2) is 33.1 Å². The molecule has 0 aliphatic carbocycles. The van der Waals surface area contributed by atoms with Gasteiger partial charge in [0.25, 0.3) is 5.91 Å². The van der Waals surface area contributed by atoms with Crippen molar-refractivity contribution in [1.82, 2.24) is 10.2 Å². The van der Waals surface area contributed by atoms with Crippen molar-refractivity contribution in [2.75, 3.05) is 19.6 Å². The zero-order valence-electron chi connectivity index (χ0n) is 17.5. The summed E-state index contributed by atoms with van der Waals surface area (Å²) in [5.74, 6) is 2.04. The standard InChI is InChI=1S/C23H28N2O3.ClH/c1-14-11-15(2)21-17(4)22(28-20(21)12-14)23(26)24-13-18(25-9-5-6-10-25)19-8-7-16(3)27-19;/h7-8,11-12,18H,5-6,9-10,13H2,1-4H3,(H,24,26);1H. The van der Waals surface area contributed by atoms with Crippen LogP contribution in [-0.4, -0.2) is 30.4 Å². The topological polar surface area (TPSA) is 58.6 Å². The van der Waals surface area contributed by atoms with E-state index in [9.17, 15) is 4.79 Å². The SMILES string of the molecule is Cc1cc(C)c2c(C)c(C(=O)NCC(c3ccc(C)o3)N3CCCC3)oc2c1.Cl. The molecule has 0 saturated carbocycles. The number of amides is 1. The number of carbonyl (C=O) groups is 1. The molecule has 1 aliphatic rings. The van der Waals surface area contributed by atoms with Gasteiger partial charge in [0.05, 0.1) is 6.04 Å². The van der Waals surface area contributed by atoms with Gasteiger partial charge >= 0.3 is 0 Å². The monoisotopic (exact) mass is 416 g/mol. The third kappa shape index (κ3) is 4.21. The van der Waals surface area contributed by atoms with E-state index in [1.807, 2.05) is 39.0 Å². The highest BCUT2D eigenvalue weighted by atomic mass is 35.5. The molecule has 0 radical (unpaired) electrons. The Morgan fingerprint density at radius 1 is 1.10 bits per heavy atom. The van der Waals surface area contributed by atoms with Gasteiger partial charge in [0.2, 0.25) is 0 Å². The number of rotatable bonds is 5. The number of aryl methyl sites for hydroxylation is 4. The maximum atomic E-state index is 12.9. The lowest BCUT2D eigenvalue weighted by Gasteiger charge is -2.25. The maximum Gasteiger partial charge on any atom is 0.287 e. The minimum atomic E-state index is -0.168. The van der Waals surface area contributed by atoms with Crippen LogP contribution in [0, 0.1) is 27.7 Å². The molecule has 5 nitrogen and oxygen atoms in total. The maximum absolute atomic E-state index is 12.9. The molecule has 1 aliphatic heterocycles. The van der Waals surface area contributed by atoms with Crippen LogP contribution in [0.1, 0.15) is 57.6 Å². The zero-order chi connectivity index (χ0) is 19.8. The summed E-state index contributed by atoms with van der Waals surface area (Å²) < 4.78 is 11.8. The minimum absolute atomic E-state index is 0. The van der Waals surface area contributed by atoms with Crippen LogP contribution in [0.2, 0.25) is 0 Å². The molecular formula is C23H29ClN2O3. The van der Waals surface area contributed by atoms with Gasteiger partial charge in [-0.05, 0) is 83.0 Å². The number of nitrogens with zero attached hydrogens (tertiary/aromatic N) is 1. The molecule has 1 fully saturated rings. The molecule has 1 aromatic carbocycles. The predicted molar refractivity (Wildman–Crippen MR) is 117 cm³/mol. The molecule has 1 amide bonds. The largest absolute Gasteiger partial charge is 0.465 e. The van der Waals surface area contributed by atoms with Crippen molar-refractivity contribution in [3.63, 3.8) is 0 Å². The summed E-state index contributed by atoms with van der Waals surface area (Å²) in [5.41, 5.74) is 3.94. The van der Waals surface area contributed by atoms with Crippen LogP contribution < -0.4 is 5.32 Å². The molecule has 0 spiro atoms. The second-order valence-electron chi connectivity index (χ2n) is 7.93. The normalized spacial score (nSPS) is 15.4. The van der Waals surface area contributed by atoms with Crippen LogP contribution in [-0.2, 0) is 0 Å². The van der Waals surface area contributed by atoms with Gasteiger partial charge in [-0.15, -0.1) is 12.4 Å². The number of carbonyl (C=O) groups excluding carboxylic acids is 1. The number of hydrogen-bond donors (Lipinski definition) is 1. The summed E-state index contributed by atoms with van der Waals surface area (Å²) in [4.78, 5) is 15.3. The molecule has 1 saturated heterocycles. The van der Waals surface area contributed by atoms with E-state index in [0.717, 1.165) is 52.3 Å². The average molecular weight is 417 g/mol. The van der Waals surface area contributed by atoms with Crippen molar-refractivity contribution in [3.8, 4) is 0 Å². The molecule has 1 atom stereocenters. The summed E-state index contributed by atoms with van der Waals surface area (Å²) in [5, 5.41) is 4.12. The van der Waals surface area contributed by atoms with Crippen molar-refractivity contribution in [2.24, 2.45) is 0 Å². The van der Waals surface area contributed by atoms with Crippen LogP contribution in [0.25, 0.3) is 11.0 Å². The fourth-order valence-corrected chi connectivity index (χ4v) is 4.37. The highest BCUT2D eigenvalue weighted by Gasteiger charge is 2.27. The highest BCUT2D eigenvalue weighted by Crippen LogP contribution is 2.30. The Morgan fingerprint density at radius 3 is 2.48 bits per heavy atom. The summed E-state index contributed by atoms with van der Waals surface area (Å²) in [6.07, 6.45) is 2.37. The van der Waals surface area contributed by atoms with E-state index < -0.39 is 0 Å². The van der Waals surface area contributed by atoms with Gasteiger partial charge in [0.15, 0.2) is 5.76 Å². The minimum Gasteiger partial charge on any atom is -0.465 e. The Kier molecular flexibility index (Phi) is 6.39. The Morgan fingerprint density at radius 2 is 1.83 bits per heavy atom. The zero-order valence-corrected chi connectivity index (χ0v) is 18.3. The molecule has 1 unspecified atom stereocenters. The van der Waals surface area contributed by atoms with Crippen LogP contribution in [0.4, 0.5) is 0 Å². The number of fused-ring (bicyclic) bond motifs is 1. The second kappa shape index (κ2) is 8.64. The van der Waals surface area contributed by atoms with Gasteiger partial charge in [0, 0.05) is 17.5 Å². The molecule has 3 heterocycles. The van der Waals surface area contributed by atoms with Gasteiger partial charge in [-0.1, -0.05) is 6.07 Å². The molecule has 2 aromatic heterocycles. The van der Waals surface area contributed by atoms with E-state index in [1.54, 1.807) is 0 Å². The summed E-state index contributed by atoms with van der Waals surface area (Å²) >= 11 is 0. The molecule has 1 N–H and O–H groups in total. The first kappa shape index (κ1) is 21.5. The van der Waals surface area contributed by atoms with Crippen LogP contribution in [0.3, 0.4) is 0 Å². The number of benzene rings is 1. The first-order valence-corrected chi connectivity index (χ1v) is 10.0. The molecule has 0 bridgehead atoms. The average Bonchev–Trinajstić information content (AvgIpc) is 3.36. The summed E-state index contributed by atoms with van der Waals surface area (Å²) in [7, 11) is 0. The summed E-state index contributed by atoms with van der Waals surface area (Å²) in [6, 6.07) is 8.16. The third-order valence-corrected chi connectivity index (χ3v) is 5.70. The Labute approximate surface area is 177 Å². The van der Waals surface area contributed by atoms with E-state index >= 15 is 0 Å². The Hall–Kier alpha value is -2.24. The van der Waals surface area contributed by atoms with Gasteiger partial charge in [0.1, 0.15) is 17.1 Å². The van der Waals surface area contributed by atoms with Crippen molar-refractivity contribution >= 4 is 29.3 Å².